The van der Waals surface area contributed by atoms with Crippen molar-refractivity contribution < 1.29 is 4.39 Å². The standard InChI is InChI=1S/C15H19FN2/c1-9-7-11(5-6-17-9)13-8-18-15-10(2)14(16)4-3-12(13)15/h3-4,8-9,11,17-18H,5-7H2,1-2H3/t9-,11-/m0/s1. The predicted molar refractivity (Wildman–Crippen MR) is 72.4 cm³/mol. The van der Waals surface area contributed by atoms with Gasteiger partial charge < -0.3 is 10.3 Å². The van der Waals surface area contributed by atoms with Crippen molar-refractivity contribution in [3.8, 4) is 0 Å². The van der Waals surface area contributed by atoms with Crippen LogP contribution < -0.4 is 5.32 Å². The predicted octanol–water partition coefficient (Wildman–Crippen LogP) is 3.47. The molecule has 0 spiro atoms. The molecule has 3 heteroatoms. The third-order valence-corrected chi connectivity index (χ3v) is 4.15. The molecule has 2 aromatic rings. The summed E-state index contributed by atoms with van der Waals surface area (Å²) < 4.78 is 13.5. The molecule has 0 bridgehead atoms. The second-order valence-electron chi connectivity index (χ2n) is 5.42. The topological polar surface area (TPSA) is 27.8 Å². The number of benzene rings is 1. The van der Waals surface area contributed by atoms with Crippen LogP contribution in [0.2, 0.25) is 0 Å². The van der Waals surface area contributed by atoms with Gasteiger partial charge in [-0.1, -0.05) is 0 Å². The lowest BCUT2D eigenvalue weighted by Crippen LogP contribution is -2.34. The summed E-state index contributed by atoms with van der Waals surface area (Å²) in [6.07, 6.45) is 4.39. The van der Waals surface area contributed by atoms with Crippen molar-refractivity contribution in [3.63, 3.8) is 0 Å². The van der Waals surface area contributed by atoms with E-state index in [0.29, 0.717) is 12.0 Å². The molecule has 2 nitrogen and oxygen atoms in total. The first-order chi connectivity index (χ1) is 8.66. The molecule has 1 aromatic carbocycles. The molecule has 2 N–H and O–H groups in total. The lowest BCUT2D eigenvalue weighted by Gasteiger charge is -2.27. The average molecular weight is 246 g/mol. The summed E-state index contributed by atoms with van der Waals surface area (Å²) in [5.74, 6) is 0.453. The number of halogens is 1. The summed E-state index contributed by atoms with van der Waals surface area (Å²) in [5, 5.41) is 4.66. The lowest BCUT2D eigenvalue weighted by molar-refractivity contribution is 0.382. The van der Waals surface area contributed by atoms with Gasteiger partial charge in [-0.2, -0.15) is 0 Å². The summed E-state index contributed by atoms with van der Waals surface area (Å²) in [5.41, 5.74) is 3.03. The average Bonchev–Trinajstić information content (AvgIpc) is 2.78. The molecule has 18 heavy (non-hydrogen) atoms. The maximum absolute atomic E-state index is 13.5. The first-order valence-electron chi connectivity index (χ1n) is 6.66. The molecule has 1 aromatic heterocycles. The highest BCUT2D eigenvalue weighted by Crippen LogP contribution is 2.34. The highest BCUT2D eigenvalue weighted by atomic mass is 19.1. The Morgan fingerprint density at radius 3 is 2.94 bits per heavy atom. The Kier molecular flexibility index (Phi) is 2.86. The number of H-pyrrole nitrogens is 1. The summed E-state index contributed by atoms with van der Waals surface area (Å²) in [6, 6.07) is 4.06. The number of aryl methyl sites for hydroxylation is 1. The normalized spacial score (nSPS) is 24.6. The van der Waals surface area contributed by atoms with Gasteiger partial charge in [0.05, 0.1) is 5.52 Å². The highest BCUT2D eigenvalue weighted by Gasteiger charge is 2.22. The van der Waals surface area contributed by atoms with E-state index in [1.807, 2.05) is 13.0 Å². The smallest absolute Gasteiger partial charge is 0.128 e. The molecule has 1 aliphatic rings. The number of nitrogens with one attached hydrogen (secondary N) is 2. The van der Waals surface area contributed by atoms with E-state index in [2.05, 4.69) is 23.4 Å². The highest BCUT2D eigenvalue weighted by molar-refractivity contribution is 5.86. The minimum atomic E-state index is -0.130. The number of piperidine rings is 1. The van der Waals surface area contributed by atoms with Crippen LogP contribution in [0.5, 0.6) is 0 Å². The molecular weight excluding hydrogens is 227 g/mol. The fourth-order valence-electron chi connectivity index (χ4n) is 3.09. The fourth-order valence-corrected chi connectivity index (χ4v) is 3.09. The van der Waals surface area contributed by atoms with Crippen LogP contribution in [0.1, 0.15) is 36.8 Å². The first kappa shape index (κ1) is 11.7. The Bertz CT molecular complexity index is 573. The monoisotopic (exact) mass is 246 g/mol. The molecule has 1 fully saturated rings. The van der Waals surface area contributed by atoms with Crippen LogP contribution in [0.3, 0.4) is 0 Å². The van der Waals surface area contributed by atoms with Crippen molar-refractivity contribution in [2.75, 3.05) is 6.54 Å². The van der Waals surface area contributed by atoms with E-state index >= 15 is 0 Å². The molecule has 1 aliphatic heterocycles. The zero-order valence-electron chi connectivity index (χ0n) is 10.9. The van der Waals surface area contributed by atoms with Gasteiger partial charge in [0, 0.05) is 23.2 Å². The first-order valence-corrected chi connectivity index (χ1v) is 6.66. The van der Waals surface area contributed by atoms with E-state index < -0.39 is 0 Å². The number of rotatable bonds is 1. The summed E-state index contributed by atoms with van der Waals surface area (Å²) in [4.78, 5) is 3.25. The molecule has 0 saturated carbocycles. The van der Waals surface area contributed by atoms with Gasteiger partial charge in [-0.3, -0.25) is 0 Å². The van der Waals surface area contributed by atoms with Crippen LogP contribution >= 0.6 is 0 Å². The van der Waals surface area contributed by atoms with Gasteiger partial charge in [0.2, 0.25) is 0 Å². The Labute approximate surface area is 107 Å². The van der Waals surface area contributed by atoms with E-state index in [0.717, 1.165) is 30.5 Å². The van der Waals surface area contributed by atoms with Crippen LogP contribution in [0.25, 0.3) is 10.9 Å². The Morgan fingerprint density at radius 2 is 2.17 bits per heavy atom. The van der Waals surface area contributed by atoms with E-state index in [1.165, 1.54) is 10.9 Å². The second kappa shape index (κ2) is 4.39. The molecule has 0 aliphatic carbocycles. The third kappa shape index (κ3) is 1.83. The van der Waals surface area contributed by atoms with Crippen LogP contribution in [0.4, 0.5) is 4.39 Å². The molecular formula is C15H19FN2. The number of aromatic amines is 1. The number of hydrogen-bond acceptors (Lipinski definition) is 1. The number of hydrogen-bond donors (Lipinski definition) is 2. The molecule has 1 saturated heterocycles. The molecule has 2 heterocycles. The molecule has 96 valence electrons. The minimum Gasteiger partial charge on any atom is -0.361 e. The van der Waals surface area contributed by atoms with Gasteiger partial charge in [0.15, 0.2) is 0 Å². The molecule has 0 amide bonds. The summed E-state index contributed by atoms with van der Waals surface area (Å²) >= 11 is 0. The van der Waals surface area contributed by atoms with E-state index in [9.17, 15) is 4.39 Å². The van der Waals surface area contributed by atoms with Gasteiger partial charge in [-0.15, -0.1) is 0 Å². The van der Waals surface area contributed by atoms with Crippen molar-refractivity contribution in [1.29, 1.82) is 0 Å². The maximum Gasteiger partial charge on any atom is 0.128 e. The summed E-state index contributed by atoms with van der Waals surface area (Å²) in [6.45, 7) is 5.13. The maximum atomic E-state index is 13.5. The van der Waals surface area contributed by atoms with Crippen molar-refractivity contribution in [2.45, 2.75) is 38.6 Å². The molecule has 0 radical (unpaired) electrons. The van der Waals surface area contributed by atoms with Crippen LogP contribution in [0.15, 0.2) is 18.3 Å². The number of aromatic nitrogens is 1. The quantitative estimate of drug-likeness (QED) is 0.792. The van der Waals surface area contributed by atoms with Crippen molar-refractivity contribution >= 4 is 10.9 Å². The van der Waals surface area contributed by atoms with Gasteiger partial charge >= 0.3 is 0 Å². The van der Waals surface area contributed by atoms with Gasteiger partial charge in [-0.05, 0) is 56.8 Å². The van der Waals surface area contributed by atoms with Crippen molar-refractivity contribution in [2.24, 2.45) is 0 Å². The number of fused-ring (bicyclic) bond motifs is 1. The Balaban J connectivity index is 2.05. The minimum absolute atomic E-state index is 0.130. The van der Waals surface area contributed by atoms with Gasteiger partial charge in [0.25, 0.3) is 0 Å². The lowest BCUT2D eigenvalue weighted by atomic mass is 9.86. The zero-order valence-corrected chi connectivity index (χ0v) is 10.9. The van der Waals surface area contributed by atoms with Crippen LogP contribution in [-0.4, -0.2) is 17.6 Å². The molecule has 3 rings (SSSR count). The van der Waals surface area contributed by atoms with E-state index in [1.54, 1.807) is 6.07 Å². The Hall–Kier alpha value is -1.35. The van der Waals surface area contributed by atoms with Gasteiger partial charge in [0.1, 0.15) is 5.82 Å². The van der Waals surface area contributed by atoms with E-state index in [4.69, 9.17) is 0 Å². The van der Waals surface area contributed by atoms with E-state index in [-0.39, 0.29) is 5.82 Å². The van der Waals surface area contributed by atoms with Gasteiger partial charge in [-0.25, -0.2) is 4.39 Å². The van der Waals surface area contributed by atoms with Crippen molar-refractivity contribution in [1.82, 2.24) is 10.3 Å². The second-order valence-corrected chi connectivity index (χ2v) is 5.42. The van der Waals surface area contributed by atoms with Crippen molar-refractivity contribution in [3.05, 3.63) is 35.3 Å². The SMILES string of the molecule is Cc1c(F)ccc2c([C@H]3CCN[C@@H](C)C3)c[nH]c12. The Morgan fingerprint density at radius 1 is 1.33 bits per heavy atom. The molecule has 0 unspecified atom stereocenters. The zero-order chi connectivity index (χ0) is 12.7. The molecule has 2 atom stereocenters. The summed E-state index contributed by atoms with van der Waals surface area (Å²) in [7, 11) is 0. The third-order valence-electron chi connectivity index (χ3n) is 4.15. The largest absolute Gasteiger partial charge is 0.361 e. The van der Waals surface area contributed by atoms with Crippen LogP contribution in [-0.2, 0) is 0 Å². The fraction of sp³-hybridized carbons (Fsp3) is 0.467. The van der Waals surface area contributed by atoms with Crippen LogP contribution in [0, 0.1) is 12.7 Å².